The van der Waals surface area contributed by atoms with Crippen LogP contribution in [-0.2, 0) is 9.53 Å². The molecule has 1 aromatic carbocycles. The van der Waals surface area contributed by atoms with Gasteiger partial charge in [0.25, 0.3) is 0 Å². The molecule has 0 aliphatic heterocycles. The van der Waals surface area contributed by atoms with Gasteiger partial charge in [0.1, 0.15) is 22.7 Å². The van der Waals surface area contributed by atoms with E-state index in [9.17, 15) is 4.79 Å². The molecule has 0 bridgehead atoms. The van der Waals surface area contributed by atoms with Crippen LogP contribution in [0.5, 0.6) is 5.75 Å². The molecule has 4 aromatic rings. The quantitative estimate of drug-likeness (QED) is 0.131. The van der Waals surface area contributed by atoms with Crippen molar-refractivity contribution in [2.45, 2.75) is 32.6 Å². The van der Waals surface area contributed by atoms with Crippen LogP contribution in [0.1, 0.15) is 31.2 Å². The van der Waals surface area contributed by atoms with E-state index in [-0.39, 0.29) is 5.97 Å². The maximum Gasteiger partial charge on any atom is 0.330 e. The van der Waals surface area contributed by atoms with E-state index in [1.165, 1.54) is 6.08 Å². The Morgan fingerprint density at radius 3 is 2.15 bits per heavy atom. The Kier molecular flexibility index (Phi) is 7.86. The first-order valence-corrected chi connectivity index (χ1v) is 12.7. The fourth-order valence-corrected chi connectivity index (χ4v) is 4.93. The van der Waals surface area contributed by atoms with E-state index < -0.39 is 0 Å². The lowest BCUT2D eigenvalue weighted by Gasteiger charge is -2.13. The number of aryl methyl sites for hydroxylation is 1. The maximum atomic E-state index is 11.1. The van der Waals surface area contributed by atoms with Gasteiger partial charge in [-0.1, -0.05) is 24.8 Å². The summed E-state index contributed by atoms with van der Waals surface area (Å²) in [5, 5.41) is 4.13. The number of rotatable bonds is 11. The van der Waals surface area contributed by atoms with Gasteiger partial charge in [0.15, 0.2) is 0 Å². The molecule has 0 fully saturated rings. The van der Waals surface area contributed by atoms with Gasteiger partial charge in [-0.3, -0.25) is 0 Å². The second-order valence-electron chi connectivity index (χ2n) is 7.59. The topological polar surface area (TPSA) is 61.3 Å². The summed E-state index contributed by atoms with van der Waals surface area (Å²) in [7, 11) is 0. The van der Waals surface area contributed by atoms with Crippen LogP contribution in [0.3, 0.4) is 0 Å². The first kappa shape index (κ1) is 23.1. The van der Waals surface area contributed by atoms with Crippen LogP contribution in [-0.4, -0.2) is 29.2 Å². The Hall–Kier alpha value is -3.03. The number of hydrogen-bond acceptors (Lipinski definition) is 7. The molecule has 5 nitrogen and oxygen atoms in total. The van der Waals surface area contributed by atoms with Crippen LogP contribution in [0.25, 0.3) is 32.2 Å². The smallest absolute Gasteiger partial charge is 0.330 e. The number of aromatic nitrogens is 2. The first-order valence-electron chi connectivity index (χ1n) is 11.0. The van der Waals surface area contributed by atoms with E-state index in [1.807, 2.05) is 24.3 Å². The Morgan fingerprint density at radius 1 is 0.909 bits per heavy atom. The molecular formula is C26H26N2O3S2. The van der Waals surface area contributed by atoms with Crippen molar-refractivity contribution in [3.63, 3.8) is 0 Å². The van der Waals surface area contributed by atoms with Gasteiger partial charge in [-0.05, 0) is 67.1 Å². The average molecular weight is 479 g/mol. The van der Waals surface area contributed by atoms with Gasteiger partial charge in [-0.2, -0.15) is 0 Å². The van der Waals surface area contributed by atoms with Crippen LogP contribution in [0.15, 0.2) is 59.8 Å². The monoisotopic (exact) mass is 478 g/mol. The zero-order chi connectivity index (χ0) is 23.0. The van der Waals surface area contributed by atoms with Crippen molar-refractivity contribution in [2.75, 3.05) is 13.2 Å². The van der Waals surface area contributed by atoms with Crippen molar-refractivity contribution in [1.82, 2.24) is 9.97 Å². The Bertz CT molecular complexity index is 1220. The molecule has 0 unspecified atom stereocenters. The minimum Gasteiger partial charge on any atom is -0.491 e. The number of unbranched alkanes of at least 4 members (excludes halogenated alkanes) is 3. The third-order valence-corrected chi connectivity index (χ3v) is 6.96. The summed E-state index contributed by atoms with van der Waals surface area (Å²) < 4.78 is 11.1. The Labute approximate surface area is 201 Å². The van der Waals surface area contributed by atoms with Gasteiger partial charge in [0.05, 0.1) is 28.5 Å². The molecule has 3 heterocycles. The standard InChI is InChI=1S/C26H26N2O3S2/c1-3-22(29)31-15-7-5-4-6-14-30-19-13-12-18(2)23-24(19)28-26(21-11-9-17-33-21)25(27-23)20-10-8-16-32-20/h3,8-13,16-17H,1,4-7,14-15H2,2H3. The molecule has 4 rings (SSSR count). The van der Waals surface area contributed by atoms with E-state index >= 15 is 0 Å². The van der Waals surface area contributed by atoms with Crippen molar-refractivity contribution in [1.29, 1.82) is 0 Å². The molecular weight excluding hydrogens is 452 g/mol. The molecule has 0 saturated carbocycles. The molecule has 33 heavy (non-hydrogen) atoms. The van der Waals surface area contributed by atoms with Crippen molar-refractivity contribution >= 4 is 39.7 Å². The number of carbonyl (C=O) groups is 1. The molecule has 170 valence electrons. The lowest BCUT2D eigenvalue weighted by Crippen LogP contribution is -2.03. The summed E-state index contributed by atoms with van der Waals surface area (Å²) in [6.07, 6.45) is 4.94. The Morgan fingerprint density at radius 2 is 1.55 bits per heavy atom. The second-order valence-corrected chi connectivity index (χ2v) is 9.48. The highest BCUT2D eigenvalue weighted by Crippen LogP contribution is 2.37. The highest BCUT2D eigenvalue weighted by atomic mass is 32.1. The summed E-state index contributed by atoms with van der Waals surface area (Å²) >= 11 is 3.34. The van der Waals surface area contributed by atoms with E-state index in [4.69, 9.17) is 19.4 Å². The van der Waals surface area contributed by atoms with Gasteiger partial charge < -0.3 is 9.47 Å². The van der Waals surface area contributed by atoms with Crippen LogP contribution in [0.4, 0.5) is 0 Å². The molecule has 0 atom stereocenters. The molecule has 0 aliphatic carbocycles. The van der Waals surface area contributed by atoms with E-state index in [0.29, 0.717) is 13.2 Å². The molecule has 0 spiro atoms. The van der Waals surface area contributed by atoms with Crippen molar-refractivity contribution in [3.05, 3.63) is 65.4 Å². The number of thiophene rings is 2. The summed E-state index contributed by atoms with van der Waals surface area (Å²) in [6, 6.07) is 12.3. The van der Waals surface area contributed by atoms with E-state index in [2.05, 4.69) is 36.4 Å². The molecule has 7 heteroatoms. The lowest BCUT2D eigenvalue weighted by atomic mass is 10.1. The highest BCUT2D eigenvalue weighted by Gasteiger charge is 2.18. The molecule has 0 aliphatic rings. The zero-order valence-electron chi connectivity index (χ0n) is 18.6. The molecule has 0 amide bonds. The Balaban J connectivity index is 1.49. The molecule has 0 saturated heterocycles. The number of carbonyl (C=O) groups excluding carboxylic acids is 1. The zero-order valence-corrected chi connectivity index (χ0v) is 20.2. The fraction of sp³-hybridized carbons (Fsp3) is 0.269. The first-order chi connectivity index (χ1) is 16.2. The van der Waals surface area contributed by atoms with Gasteiger partial charge in [-0.25, -0.2) is 14.8 Å². The number of benzene rings is 1. The van der Waals surface area contributed by atoms with Crippen LogP contribution < -0.4 is 4.74 Å². The van der Waals surface area contributed by atoms with Crippen LogP contribution in [0.2, 0.25) is 0 Å². The average Bonchev–Trinajstić information content (AvgIpc) is 3.56. The van der Waals surface area contributed by atoms with Crippen LogP contribution >= 0.6 is 22.7 Å². The third kappa shape index (κ3) is 5.67. The van der Waals surface area contributed by atoms with Gasteiger partial charge in [-0.15, -0.1) is 22.7 Å². The van der Waals surface area contributed by atoms with Crippen LogP contribution in [0, 0.1) is 6.92 Å². The number of hydrogen-bond donors (Lipinski definition) is 0. The van der Waals surface area contributed by atoms with Gasteiger partial charge >= 0.3 is 5.97 Å². The highest BCUT2D eigenvalue weighted by molar-refractivity contribution is 7.14. The second kappa shape index (κ2) is 11.2. The minimum absolute atomic E-state index is 0.366. The molecule has 3 aromatic heterocycles. The number of fused-ring (bicyclic) bond motifs is 1. The van der Waals surface area contributed by atoms with E-state index in [0.717, 1.165) is 69.2 Å². The van der Waals surface area contributed by atoms with Gasteiger partial charge in [0, 0.05) is 6.08 Å². The largest absolute Gasteiger partial charge is 0.491 e. The van der Waals surface area contributed by atoms with Crippen molar-refractivity contribution in [2.24, 2.45) is 0 Å². The maximum absolute atomic E-state index is 11.1. The summed E-state index contributed by atoms with van der Waals surface area (Å²) in [6.45, 7) is 6.49. The predicted octanol–water partition coefficient (Wildman–Crippen LogP) is 7.06. The van der Waals surface area contributed by atoms with Gasteiger partial charge in [0.2, 0.25) is 0 Å². The SMILES string of the molecule is C=CC(=O)OCCCCCCOc1ccc(C)c2nc(-c3cccs3)c(-c3cccs3)nc12. The summed E-state index contributed by atoms with van der Waals surface area (Å²) in [5.74, 6) is 0.397. The predicted molar refractivity (Wildman–Crippen MR) is 136 cm³/mol. The minimum atomic E-state index is -0.366. The number of ether oxygens (including phenoxy) is 2. The summed E-state index contributed by atoms with van der Waals surface area (Å²) in [5.41, 5.74) is 4.56. The van der Waals surface area contributed by atoms with E-state index in [1.54, 1.807) is 22.7 Å². The normalized spacial score (nSPS) is 10.9. The molecule has 0 N–H and O–H groups in total. The number of nitrogens with zero attached hydrogens (tertiary/aromatic N) is 2. The number of esters is 1. The third-order valence-electron chi connectivity index (χ3n) is 5.20. The lowest BCUT2D eigenvalue weighted by molar-refractivity contribution is -0.137. The fourth-order valence-electron chi connectivity index (χ4n) is 3.50. The molecule has 0 radical (unpaired) electrons. The van der Waals surface area contributed by atoms with Crippen molar-refractivity contribution < 1.29 is 14.3 Å². The summed E-state index contributed by atoms with van der Waals surface area (Å²) in [4.78, 5) is 23.4. The van der Waals surface area contributed by atoms with Crippen molar-refractivity contribution in [3.8, 4) is 26.9 Å².